The van der Waals surface area contributed by atoms with E-state index in [1.165, 1.54) is 22.9 Å². The molecule has 170 valence electrons. The number of pyridine rings is 1. The summed E-state index contributed by atoms with van der Waals surface area (Å²) in [6.45, 7) is 4.09. The fourth-order valence-corrected chi connectivity index (χ4v) is 4.19. The third-order valence-electron chi connectivity index (χ3n) is 5.88. The molecule has 4 heterocycles. The Morgan fingerprint density at radius 3 is 2.91 bits per heavy atom. The summed E-state index contributed by atoms with van der Waals surface area (Å²) >= 11 is 0. The highest BCUT2D eigenvalue weighted by Gasteiger charge is 2.19. The second-order valence-electron chi connectivity index (χ2n) is 8.24. The van der Waals surface area contributed by atoms with Crippen LogP contribution < -0.4 is 10.5 Å². The fraction of sp³-hybridized carbons (Fsp3) is 0.304. The van der Waals surface area contributed by atoms with E-state index >= 15 is 0 Å². The summed E-state index contributed by atoms with van der Waals surface area (Å²) in [6.07, 6.45) is 1.44. The number of alkyl halides is 2. The topological polar surface area (TPSA) is 106 Å². The summed E-state index contributed by atoms with van der Waals surface area (Å²) in [5, 5.41) is 0. The molecule has 33 heavy (non-hydrogen) atoms. The number of nitrogens with one attached hydrogen (secondary N) is 1. The molecule has 1 aliphatic heterocycles. The predicted octanol–water partition coefficient (Wildman–Crippen LogP) is 3.81. The molecule has 0 saturated carbocycles. The van der Waals surface area contributed by atoms with Crippen LogP contribution in [0, 0.1) is 6.92 Å². The summed E-state index contributed by atoms with van der Waals surface area (Å²) in [5.74, 6) is -0.102. The molecule has 0 unspecified atom stereocenters. The van der Waals surface area contributed by atoms with Gasteiger partial charge in [0.2, 0.25) is 0 Å². The van der Waals surface area contributed by atoms with Gasteiger partial charge in [-0.15, -0.1) is 0 Å². The number of H-pyrrole nitrogens is 1. The molecule has 4 aromatic rings. The van der Waals surface area contributed by atoms with Crippen molar-refractivity contribution in [3.63, 3.8) is 0 Å². The number of benzene rings is 1. The largest absolute Gasteiger partial charge is 0.470 e. The molecular formula is C23H23F2N7O. The number of hydrogen-bond acceptors (Lipinski definition) is 7. The van der Waals surface area contributed by atoms with Gasteiger partial charge in [-0.2, -0.15) is 0 Å². The lowest BCUT2D eigenvalue weighted by Gasteiger charge is -2.27. The number of fused-ring (bicyclic) bond motifs is 2. The minimum atomic E-state index is -2.72. The second-order valence-corrected chi connectivity index (χ2v) is 8.24. The maximum atomic E-state index is 13.0. The maximum Gasteiger partial charge on any atom is 0.295 e. The summed E-state index contributed by atoms with van der Waals surface area (Å²) in [4.78, 5) is 21.6. The number of nitrogens with zero attached hydrogens (tertiary/aromatic N) is 5. The van der Waals surface area contributed by atoms with Crippen molar-refractivity contribution >= 4 is 17.0 Å². The first-order chi connectivity index (χ1) is 15.9. The number of aromatic amines is 1. The zero-order chi connectivity index (χ0) is 23.1. The zero-order valence-corrected chi connectivity index (χ0v) is 18.3. The van der Waals surface area contributed by atoms with Crippen LogP contribution in [-0.2, 0) is 19.6 Å². The number of aromatic nitrogens is 5. The molecule has 0 bridgehead atoms. The van der Waals surface area contributed by atoms with Gasteiger partial charge in [0.25, 0.3) is 12.3 Å². The van der Waals surface area contributed by atoms with Crippen LogP contribution in [0.25, 0.3) is 22.4 Å². The van der Waals surface area contributed by atoms with Crippen molar-refractivity contribution in [3.05, 3.63) is 58.7 Å². The van der Waals surface area contributed by atoms with Gasteiger partial charge in [-0.1, -0.05) is 0 Å². The standard InChI is InChI=1S/C23H23F2N7O/c1-12-7-14(8-15-10-32(2)6-4-16(12)15)17-9-28-20(26)23(29-17)33-11-13-3-5-27-21-18(13)30-22(31-21)19(24)25/h3,5,7-9,19H,4,6,10-11H2,1-2H3,(H2,26,28)(H,27,30,31). The van der Waals surface area contributed by atoms with E-state index in [0.29, 0.717) is 16.8 Å². The minimum absolute atomic E-state index is 0.0419. The second kappa shape index (κ2) is 8.36. The van der Waals surface area contributed by atoms with Crippen LogP contribution in [0.5, 0.6) is 5.88 Å². The lowest BCUT2D eigenvalue weighted by Crippen LogP contribution is -2.27. The quantitative estimate of drug-likeness (QED) is 0.475. The number of imidazole rings is 1. The molecule has 5 rings (SSSR count). The van der Waals surface area contributed by atoms with Crippen LogP contribution in [0.2, 0.25) is 0 Å². The molecule has 3 N–H and O–H groups in total. The highest BCUT2D eigenvalue weighted by atomic mass is 19.3. The van der Waals surface area contributed by atoms with E-state index in [2.05, 4.69) is 55.9 Å². The summed E-state index contributed by atoms with van der Waals surface area (Å²) < 4.78 is 31.9. The molecule has 1 aliphatic rings. The molecule has 0 amide bonds. The summed E-state index contributed by atoms with van der Waals surface area (Å²) in [6, 6.07) is 5.93. The van der Waals surface area contributed by atoms with Crippen LogP contribution in [-0.4, -0.2) is 43.4 Å². The number of rotatable bonds is 5. The van der Waals surface area contributed by atoms with Crippen LogP contribution >= 0.6 is 0 Å². The molecular weight excluding hydrogens is 428 g/mol. The SMILES string of the molecule is Cc1cc(-c2cnc(N)c(OCc3ccnc4nc(C(F)F)[nH]c34)n2)cc2c1CCN(C)C2. The normalized spacial score (nSPS) is 14.1. The summed E-state index contributed by atoms with van der Waals surface area (Å²) in [7, 11) is 2.11. The summed E-state index contributed by atoms with van der Waals surface area (Å²) in [5.41, 5.74) is 12.7. The van der Waals surface area contributed by atoms with Gasteiger partial charge in [-0.05, 0) is 55.3 Å². The first-order valence-corrected chi connectivity index (χ1v) is 10.6. The van der Waals surface area contributed by atoms with Crippen molar-refractivity contribution in [1.82, 2.24) is 29.8 Å². The van der Waals surface area contributed by atoms with Gasteiger partial charge in [0.05, 0.1) is 17.4 Å². The molecule has 0 spiro atoms. The number of hydrogen-bond donors (Lipinski definition) is 2. The van der Waals surface area contributed by atoms with Gasteiger partial charge >= 0.3 is 0 Å². The lowest BCUT2D eigenvalue weighted by molar-refractivity contribution is 0.142. The third kappa shape index (κ3) is 4.09. The van der Waals surface area contributed by atoms with Crippen molar-refractivity contribution in [3.8, 4) is 17.1 Å². The molecule has 0 aliphatic carbocycles. The van der Waals surface area contributed by atoms with Crippen molar-refractivity contribution in [2.24, 2.45) is 0 Å². The Morgan fingerprint density at radius 1 is 1.24 bits per heavy atom. The number of halogens is 2. The predicted molar refractivity (Wildman–Crippen MR) is 120 cm³/mol. The third-order valence-corrected chi connectivity index (χ3v) is 5.88. The zero-order valence-electron chi connectivity index (χ0n) is 18.3. The monoisotopic (exact) mass is 451 g/mol. The fourth-order valence-electron chi connectivity index (χ4n) is 4.19. The average molecular weight is 451 g/mol. The van der Waals surface area contributed by atoms with E-state index in [0.717, 1.165) is 25.1 Å². The van der Waals surface area contributed by atoms with Crippen molar-refractivity contribution in [1.29, 1.82) is 0 Å². The Labute approximate surface area is 188 Å². The van der Waals surface area contributed by atoms with E-state index in [-0.39, 0.29) is 24.0 Å². The van der Waals surface area contributed by atoms with Crippen LogP contribution in [0.3, 0.4) is 0 Å². The maximum absolute atomic E-state index is 13.0. The van der Waals surface area contributed by atoms with Crippen LogP contribution in [0.15, 0.2) is 30.6 Å². The Bertz CT molecular complexity index is 1340. The van der Waals surface area contributed by atoms with Gasteiger partial charge in [0.15, 0.2) is 17.3 Å². The molecule has 1 aromatic carbocycles. The number of nitrogens with two attached hydrogens (primary N) is 1. The van der Waals surface area contributed by atoms with Crippen molar-refractivity contribution < 1.29 is 13.5 Å². The average Bonchev–Trinajstić information content (AvgIpc) is 3.23. The van der Waals surface area contributed by atoms with Crippen LogP contribution in [0.4, 0.5) is 14.6 Å². The van der Waals surface area contributed by atoms with E-state index in [9.17, 15) is 8.78 Å². The molecule has 0 saturated heterocycles. The molecule has 8 nitrogen and oxygen atoms in total. The number of nitrogen functional groups attached to an aromatic ring is 1. The van der Waals surface area contributed by atoms with Gasteiger partial charge < -0.3 is 20.4 Å². The molecule has 0 atom stereocenters. The number of anilines is 1. The number of aryl methyl sites for hydroxylation is 1. The first-order valence-electron chi connectivity index (χ1n) is 10.6. The molecule has 0 fully saturated rings. The Kier molecular flexibility index (Phi) is 5.37. The molecule has 10 heteroatoms. The molecule has 0 radical (unpaired) electrons. The van der Waals surface area contributed by atoms with Gasteiger partial charge in [-0.3, -0.25) is 0 Å². The first kappa shape index (κ1) is 21.2. The smallest absolute Gasteiger partial charge is 0.295 e. The number of ether oxygens (including phenoxy) is 1. The minimum Gasteiger partial charge on any atom is -0.470 e. The Morgan fingerprint density at radius 2 is 2.09 bits per heavy atom. The van der Waals surface area contributed by atoms with Gasteiger partial charge in [0.1, 0.15) is 6.61 Å². The van der Waals surface area contributed by atoms with Crippen molar-refractivity contribution in [2.75, 3.05) is 19.3 Å². The molecule has 3 aromatic heterocycles. The van der Waals surface area contributed by atoms with E-state index < -0.39 is 12.2 Å². The Balaban J connectivity index is 1.43. The van der Waals surface area contributed by atoms with Crippen molar-refractivity contribution in [2.45, 2.75) is 32.9 Å². The Hall–Kier alpha value is -3.66. The highest BCUT2D eigenvalue weighted by Crippen LogP contribution is 2.30. The van der Waals surface area contributed by atoms with Crippen LogP contribution in [0.1, 0.15) is 34.5 Å². The van der Waals surface area contributed by atoms with Gasteiger partial charge in [-0.25, -0.2) is 28.7 Å². The van der Waals surface area contributed by atoms with E-state index in [1.807, 2.05) is 0 Å². The number of likely N-dealkylation sites (N-methyl/N-ethyl adjacent to an activating group) is 1. The van der Waals surface area contributed by atoms with E-state index in [4.69, 9.17) is 10.5 Å². The highest BCUT2D eigenvalue weighted by molar-refractivity contribution is 5.74. The van der Waals surface area contributed by atoms with Gasteiger partial charge in [0, 0.05) is 30.4 Å². The van der Waals surface area contributed by atoms with E-state index in [1.54, 1.807) is 12.3 Å². The lowest BCUT2D eigenvalue weighted by atomic mass is 9.92.